The third kappa shape index (κ3) is 5.60. The third-order valence-electron chi connectivity index (χ3n) is 7.44. The molecule has 0 radical (unpaired) electrons. The average Bonchev–Trinajstić information content (AvgIpc) is 2.87. The minimum Gasteiger partial charge on any atom is -0.488 e. The smallest absolute Gasteiger partial charge is 0.384 e. The Morgan fingerprint density at radius 1 is 0.714 bits per heavy atom. The largest absolute Gasteiger partial charge is 0.488 e. The maximum absolute atomic E-state index is 14.8. The molecule has 1 saturated carbocycles. The van der Waals surface area contributed by atoms with Gasteiger partial charge in [-0.1, -0.05) is 19.9 Å². The molecule has 1 amide bonds. The number of hydrogen-bond donors (Lipinski definition) is 1. The molecule has 2 rings (SSSR count). The van der Waals surface area contributed by atoms with E-state index in [0.717, 1.165) is 5.32 Å². The lowest BCUT2D eigenvalue weighted by Gasteiger charge is -2.51. The molecule has 1 aliphatic carbocycles. The van der Waals surface area contributed by atoms with Crippen molar-refractivity contribution >= 4 is 5.91 Å². The Kier molecular flexibility index (Phi) is 9.54. The number of amides is 1. The van der Waals surface area contributed by atoms with Crippen molar-refractivity contribution in [2.75, 3.05) is 6.54 Å². The molecule has 42 heavy (non-hydrogen) atoms. The normalized spacial score (nSPS) is 21.8. The van der Waals surface area contributed by atoms with Crippen LogP contribution < -0.4 is 14.8 Å². The number of aryl methyl sites for hydroxylation is 1. The number of unbranched alkanes of at least 4 members (excludes halogenated alkanes) is 1. The Morgan fingerprint density at radius 3 is 1.64 bits per heavy atom. The Balaban J connectivity index is 2.19. The maximum atomic E-state index is 14.8. The first kappa shape index (κ1) is 35.7. The van der Waals surface area contributed by atoms with Crippen LogP contribution >= 0.6 is 0 Å². The highest BCUT2D eigenvalue weighted by molar-refractivity contribution is 5.88. The van der Waals surface area contributed by atoms with Crippen molar-refractivity contribution in [2.45, 2.75) is 120 Å². The van der Waals surface area contributed by atoms with Gasteiger partial charge >= 0.3 is 35.3 Å². The van der Waals surface area contributed by atoms with Crippen molar-refractivity contribution in [3.63, 3.8) is 0 Å². The Bertz CT molecular complexity index is 1110. The summed E-state index contributed by atoms with van der Waals surface area (Å²) in [5, 5.41) is 1.16. The summed E-state index contributed by atoms with van der Waals surface area (Å²) in [7, 11) is 0. The Morgan fingerprint density at radius 2 is 1.17 bits per heavy atom. The van der Waals surface area contributed by atoms with Gasteiger partial charge in [-0.15, -0.1) is 0 Å². The van der Waals surface area contributed by atoms with Crippen LogP contribution in [0, 0.1) is 0 Å². The van der Waals surface area contributed by atoms with Crippen molar-refractivity contribution in [1.29, 1.82) is 0 Å². The van der Waals surface area contributed by atoms with E-state index in [9.17, 15) is 53.1 Å². The summed E-state index contributed by atoms with van der Waals surface area (Å²) in [5.74, 6) is -38.8. The lowest BCUT2D eigenvalue weighted by molar-refractivity contribution is -0.476. The molecule has 0 aromatic heterocycles. The maximum Gasteiger partial charge on any atom is 0.384 e. The summed E-state index contributed by atoms with van der Waals surface area (Å²) in [5.41, 5.74) is -7.21. The van der Waals surface area contributed by atoms with E-state index in [1.54, 1.807) is 18.2 Å². The highest BCUT2D eigenvalue weighted by atomic mass is 19.4. The Hall–Kier alpha value is -2.48. The minimum absolute atomic E-state index is 0.0559. The van der Waals surface area contributed by atoms with E-state index < -0.39 is 58.9 Å². The van der Waals surface area contributed by atoms with E-state index in [0.29, 0.717) is 29.9 Å². The van der Waals surface area contributed by atoms with E-state index >= 15 is 0 Å². The fourth-order valence-electron chi connectivity index (χ4n) is 3.93. The van der Waals surface area contributed by atoms with E-state index in [1.807, 2.05) is 41.5 Å². The van der Waals surface area contributed by atoms with E-state index in [2.05, 4.69) is 0 Å². The number of rotatable bonds is 12. The van der Waals surface area contributed by atoms with Gasteiger partial charge in [0.15, 0.2) is 0 Å². The molecule has 0 spiro atoms. The summed E-state index contributed by atoms with van der Waals surface area (Å²) in [6.07, 6.45) is 1.25. The van der Waals surface area contributed by atoms with Crippen molar-refractivity contribution in [1.82, 2.24) is 5.32 Å². The zero-order chi connectivity index (χ0) is 32.8. The first-order chi connectivity index (χ1) is 18.8. The zero-order valence-corrected chi connectivity index (χ0v) is 23.9. The summed E-state index contributed by atoms with van der Waals surface area (Å²) in [4.78, 5) is 12.0. The molecule has 1 aliphatic rings. The van der Waals surface area contributed by atoms with Crippen LogP contribution in [0.5, 0.6) is 11.5 Å². The van der Waals surface area contributed by atoms with Gasteiger partial charge in [0.2, 0.25) is 0 Å². The SMILES string of the molecule is CCC(C)(C)Oc1ccc(CCCCNC(=O)C2(F)C(F)(F)C(F)(F)C(F)(F)C(F)(F)C2(F)F)c(OC(C)(C)CC)c1. The van der Waals surface area contributed by atoms with E-state index in [-0.39, 0.29) is 19.3 Å². The van der Waals surface area contributed by atoms with Gasteiger partial charge in [0, 0.05) is 12.6 Å². The second-order valence-electron chi connectivity index (χ2n) is 11.4. The van der Waals surface area contributed by atoms with Gasteiger partial charge in [0.1, 0.15) is 22.7 Å². The molecule has 0 atom stereocenters. The summed E-state index contributed by atoms with van der Waals surface area (Å²) < 4.78 is 165. The topological polar surface area (TPSA) is 47.6 Å². The van der Waals surface area contributed by atoms with Crippen LogP contribution in [0.15, 0.2) is 18.2 Å². The Labute approximate surface area is 236 Å². The molecule has 0 saturated heterocycles. The van der Waals surface area contributed by atoms with Crippen LogP contribution in [0.1, 0.15) is 72.8 Å². The molecule has 0 unspecified atom stereocenters. The van der Waals surface area contributed by atoms with Crippen molar-refractivity contribution in [3.8, 4) is 11.5 Å². The van der Waals surface area contributed by atoms with Gasteiger partial charge in [-0.2, -0.15) is 43.9 Å². The second kappa shape index (κ2) is 11.2. The van der Waals surface area contributed by atoms with Gasteiger partial charge in [-0.3, -0.25) is 4.79 Å². The van der Waals surface area contributed by atoms with Crippen molar-refractivity contribution in [2.24, 2.45) is 0 Å². The quantitative estimate of drug-likeness (QED) is 0.188. The molecule has 1 aromatic rings. The van der Waals surface area contributed by atoms with Crippen LogP contribution in [-0.4, -0.2) is 58.9 Å². The monoisotopic (exact) mass is 629 g/mol. The fraction of sp³-hybridized carbons (Fsp3) is 0.741. The van der Waals surface area contributed by atoms with Crippen molar-refractivity contribution < 1.29 is 62.6 Å². The summed E-state index contributed by atoms with van der Waals surface area (Å²) in [6.45, 7) is 10.3. The number of halogens is 11. The fourth-order valence-corrected chi connectivity index (χ4v) is 3.93. The molecule has 0 heterocycles. The number of carbonyl (C=O) groups is 1. The molecule has 1 aromatic carbocycles. The highest BCUT2D eigenvalue weighted by Crippen LogP contribution is 2.69. The molecule has 0 bridgehead atoms. The van der Waals surface area contributed by atoms with Gasteiger partial charge in [-0.25, -0.2) is 4.39 Å². The number of ether oxygens (including phenoxy) is 2. The van der Waals surface area contributed by atoms with Gasteiger partial charge in [-0.05, 0) is 71.4 Å². The molecule has 1 fully saturated rings. The molecular formula is C27H34F11NO3. The average molecular weight is 630 g/mol. The first-order valence-corrected chi connectivity index (χ1v) is 13.2. The van der Waals surface area contributed by atoms with Crippen LogP contribution in [-0.2, 0) is 11.2 Å². The number of carbonyl (C=O) groups excluding carboxylic acids is 1. The number of nitrogens with one attached hydrogen (secondary N) is 1. The van der Waals surface area contributed by atoms with Gasteiger partial charge in [0.25, 0.3) is 5.91 Å². The first-order valence-electron chi connectivity index (χ1n) is 13.2. The van der Waals surface area contributed by atoms with Crippen LogP contribution in [0.25, 0.3) is 0 Å². The number of alkyl halides is 11. The highest BCUT2D eigenvalue weighted by Gasteiger charge is 3.02. The lowest BCUT2D eigenvalue weighted by atomic mass is 9.71. The standard InChI is InChI=1S/C27H34F11NO3/c1-7-20(3,4)41-17-13-12-16(18(15-17)42-21(5,6)8-2)11-9-10-14-39-19(40)22(28)23(29,30)25(33,34)27(37,38)26(35,36)24(22,31)32/h12-13,15H,7-11,14H2,1-6H3,(H,39,40). The summed E-state index contributed by atoms with van der Waals surface area (Å²) >= 11 is 0. The predicted octanol–water partition coefficient (Wildman–Crippen LogP) is 8.16. The van der Waals surface area contributed by atoms with E-state index in [4.69, 9.17) is 9.47 Å². The molecule has 4 nitrogen and oxygen atoms in total. The minimum atomic E-state index is -7.37. The third-order valence-corrected chi connectivity index (χ3v) is 7.44. The van der Waals surface area contributed by atoms with Gasteiger partial charge < -0.3 is 14.8 Å². The molecule has 1 N–H and O–H groups in total. The van der Waals surface area contributed by atoms with Gasteiger partial charge in [0.05, 0.1) is 0 Å². The second-order valence-corrected chi connectivity index (χ2v) is 11.4. The molecule has 242 valence electrons. The zero-order valence-electron chi connectivity index (χ0n) is 23.9. The van der Waals surface area contributed by atoms with Crippen LogP contribution in [0.4, 0.5) is 48.3 Å². The van der Waals surface area contributed by atoms with E-state index in [1.165, 1.54) is 0 Å². The summed E-state index contributed by atoms with van der Waals surface area (Å²) in [6, 6.07) is 4.95. The molecular weight excluding hydrogens is 595 g/mol. The lowest BCUT2D eigenvalue weighted by Crippen LogP contribution is -2.86. The predicted molar refractivity (Wildman–Crippen MR) is 131 cm³/mol. The molecule has 0 aliphatic heterocycles. The molecule has 15 heteroatoms. The van der Waals surface area contributed by atoms with Crippen LogP contribution in [0.2, 0.25) is 0 Å². The van der Waals surface area contributed by atoms with Crippen molar-refractivity contribution in [3.05, 3.63) is 23.8 Å². The number of hydrogen-bond acceptors (Lipinski definition) is 3. The number of benzene rings is 1. The van der Waals surface area contributed by atoms with Crippen LogP contribution in [0.3, 0.4) is 0 Å².